The average Bonchev–Trinajstić information content (AvgIpc) is 2.36. The second-order valence-electron chi connectivity index (χ2n) is 3.66. The molecule has 0 rings (SSSR count). The van der Waals surface area contributed by atoms with E-state index in [4.69, 9.17) is 14.9 Å². The Morgan fingerprint density at radius 2 is 1.32 bits per heavy atom. The summed E-state index contributed by atoms with van der Waals surface area (Å²) in [6.45, 7) is 7.69. The third-order valence-electron chi connectivity index (χ3n) is 2.04. The van der Waals surface area contributed by atoms with E-state index in [1.165, 1.54) is 7.11 Å². The van der Waals surface area contributed by atoms with Crippen molar-refractivity contribution in [1.82, 2.24) is 0 Å². The lowest BCUT2D eigenvalue weighted by molar-refractivity contribution is -0.133. The van der Waals surface area contributed by atoms with Gasteiger partial charge in [-0.2, -0.15) is 0 Å². The van der Waals surface area contributed by atoms with Crippen molar-refractivity contribution >= 4 is 11.9 Å². The van der Waals surface area contributed by atoms with Crippen molar-refractivity contribution in [3.63, 3.8) is 0 Å². The fourth-order valence-corrected chi connectivity index (χ4v) is 0.869. The minimum absolute atomic E-state index is 0.192. The maximum absolute atomic E-state index is 10.2. The lowest BCUT2D eigenvalue weighted by Gasteiger charge is -1.97. The van der Waals surface area contributed by atoms with E-state index in [-0.39, 0.29) is 11.1 Å². The van der Waals surface area contributed by atoms with Gasteiger partial charge in [0.1, 0.15) is 0 Å². The molecule has 0 saturated heterocycles. The van der Waals surface area contributed by atoms with Gasteiger partial charge < -0.3 is 19.7 Å². The molecule has 0 fully saturated rings. The van der Waals surface area contributed by atoms with Crippen LogP contribution in [-0.4, -0.2) is 49.6 Å². The summed E-state index contributed by atoms with van der Waals surface area (Å²) in [7, 11) is 3.11. The van der Waals surface area contributed by atoms with Crippen LogP contribution in [0, 0.1) is 0 Å². The van der Waals surface area contributed by atoms with Crippen molar-refractivity contribution in [3.05, 3.63) is 24.3 Å². The average molecular weight is 274 g/mol. The topological polar surface area (TPSA) is 93.1 Å². The third kappa shape index (κ3) is 14.3. The molecular formula is C13H22O6. The third-order valence-corrected chi connectivity index (χ3v) is 2.04. The molecule has 0 amide bonds. The van der Waals surface area contributed by atoms with E-state index in [1.54, 1.807) is 7.11 Å². The van der Waals surface area contributed by atoms with Crippen LogP contribution in [0.15, 0.2) is 24.3 Å². The molecule has 0 radical (unpaired) electrons. The van der Waals surface area contributed by atoms with Crippen LogP contribution in [0.2, 0.25) is 0 Å². The first-order valence-corrected chi connectivity index (χ1v) is 5.66. The maximum Gasteiger partial charge on any atom is 0.331 e. The van der Waals surface area contributed by atoms with Gasteiger partial charge in [0.25, 0.3) is 0 Å². The summed E-state index contributed by atoms with van der Waals surface area (Å²) in [5.74, 6) is -1.87. The van der Waals surface area contributed by atoms with Gasteiger partial charge in [0.15, 0.2) is 0 Å². The molecular weight excluding hydrogens is 252 g/mol. The highest BCUT2D eigenvalue weighted by Gasteiger charge is 2.02. The fourth-order valence-electron chi connectivity index (χ4n) is 0.869. The van der Waals surface area contributed by atoms with E-state index in [0.717, 1.165) is 6.42 Å². The number of rotatable bonds is 9. The summed E-state index contributed by atoms with van der Waals surface area (Å²) in [5.41, 5.74) is 0.439. The highest BCUT2D eigenvalue weighted by Crippen LogP contribution is 2.01. The Balaban J connectivity index is 0. The zero-order chi connectivity index (χ0) is 15.3. The predicted molar refractivity (Wildman–Crippen MR) is 71.2 cm³/mol. The van der Waals surface area contributed by atoms with Crippen LogP contribution in [0.1, 0.15) is 19.3 Å². The van der Waals surface area contributed by atoms with Crippen LogP contribution in [0.4, 0.5) is 0 Å². The van der Waals surface area contributed by atoms with Crippen molar-refractivity contribution in [3.8, 4) is 0 Å². The summed E-state index contributed by atoms with van der Waals surface area (Å²) in [6.07, 6.45) is 1.62. The molecule has 110 valence electrons. The van der Waals surface area contributed by atoms with Gasteiger partial charge in [-0.05, 0) is 12.8 Å². The number of hydrogen-bond donors (Lipinski definition) is 2. The lowest BCUT2D eigenvalue weighted by atomic mass is 10.2. The maximum atomic E-state index is 10.2. The summed E-state index contributed by atoms with van der Waals surface area (Å²) < 4.78 is 9.38. The van der Waals surface area contributed by atoms with Crippen molar-refractivity contribution in [2.75, 3.05) is 27.4 Å². The van der Waals surface area contributed by atoms with Crippen molar-refractivity contribution in [2.45, 2.75) is 19.3 Å². The van der Waals surface area contributed by atoms with Crippen LogP contribution in [0.25, 0.3) is 0 Å². The van der Waals surface area contributed by atoms with Crippen LogP contribution in [0.3, 0.4) is 0 Å². The summed E-state index contributed by atoms with van der Waals surface area (Å²) >= 11 is 0. The predicted octanol–water partition coefficient (Wildman–Crippen LogP) is 1.72. The van der Waals surface area contributed by atoms with Crippen LogP contribution in [0.5, 0.6) is 0 Å². The Morgan fingerprint density at radius 3 is 1.68 bits per heavy atom. The molecule has 0 saturated carbocycles. The first-order chi connectivity index (χ1) is 8.86. The number of carboxylic acid groups (broad SMARTS) is 2. The van der Waals surface area contributed by atoms with Crippen LogP contribution < -0.4 is 0 Å². The Labute approximate surface area is 113 Å². The van der Waals surface area contributed by atoms with Gasteiger partial charge in [-0.25, -0.2) is 9.59 Å². The Kier molecular flexibility index (Phi) is 13.2. The Morgan fingerprint density at radius 1 is 0.895 bits per heavy atom. The molecule has 0 atom stereocenters. The molecule has 0 aromatic carbocycles. The Bertz CT molecular complexity index is 308. The fraction of sp³-hybridized carbons (Fsp3) is 0.538. The smallest absolute Gasteiger partial charge is 0.331 e. The van der Waals surface area contributed by atoms with Gasteiger partial charge in [0, 0.05) is 38.4 Å². The number of carbonyl (C=O) groups is 2. The van der Waals surface area contributed by atoms with Crippen molar-refractivity contribution in [2.24, 2.45) is 0 Å². The number of carboxylic acids is 2. The molecule has 0 aliphatic heterocycles. The van der Waals surface area contributed by atoms with Gasteiger partial charge in [-0.1, -0.05) is 13.2 Å². The monoisotopic (exact) mass is 274 g/mol. The SMILES string of the molecule is C=C(CCCOC)C(=O)O.C=C(CCOC)C(=O)O. The molecule has 6 nitrogen and oxygen atoms in total. The molecule has 0 aromatic rings. The Hall–Kier alpha value is -1.66. The minimum Gasteiger partial charge on any atom is -0.478 e. The zero-order valence-corrected chi connectivity index (χ0v) is 11.5. The first kappa shape index (κ1) is 19.7. The molecule has 0 aromatic heterocycles. The quantitative estimate of drug-likeness (QED) is 0.491. The second-order valence-corrected chi connectivity index (χ2v) is 3.66. The molecule has 19 heavy (non-hydrogen) atoms. The summed E-state index contributed by atoms with van der Waals surface area (Å²) in [4.78, 5) is 20.2. The molecule has 0 heterocycles. The molecule has 2 N–H and O–H groups in total. The van der Waals surface area contributed by atoms with Crippen LogP contribution in [-0.2, 0) is 19.1 Å². The summed E-state index contributed by atoms with van der Waals surface area (Å²) in [5, 5.41) is 16.6. The molecule has 0 aliphatic carbocycles. The number of methoxy groups -OCH3 is 2. The van der Waals surface area contributed by atoms with E-state index >= 15 is 0 Å². The molecule has 0 bridgehead atoms. The van der Waals surface area contributed by atoms with Gasteiger partial charge in [-0.15, -0.1) is 0 Å². The summed E-state index contributed by atoms with van der Waals surface area (Å²) in [6, 6.07) is 0. The first-order valence-electron chi connectivity index (χ1n) is 5.66. The highest BCUT2D eigenvalue weighted by atomic mass is 16.5. The van der Waals surface area contributed by atoms with E-state index in [0.29, 0.717) is 26.1 Å². The molecule has 0 aliphatic rings. The van der Waals surface area contributed by atoms with Gasteiger partial charge in [0.05, 0.1) is 6.61 Å². The minimum atomic E-state index is -0.952. The molecule has 0 spiro atoms. The van der Waals surface area contributed by atoms with Crippen molar-refractivity contribution < 1.29 is 29.3 Å². The number of ether oxygens (including phenoxy) is 2. The van der Waals surface area contributed by atoms with Crippen molar-refractivity contribution in [1.29, 1.82) is 0 Å². The largest absolute Gasteiger partial charge is 0.478 e. The molecule has 0 unspecified atom stereocenters. The lowest BCUT2D eigenvalue weighted by Crippen LogP contribution is -2.01. The standard InChI is InChI=1S/C7H12O3.C6H10O3/c1-6(7(8)9)4-3-5-10-2;1-5(6(7)8)3-4-9-2/h1,3-5H2,2H3,(H,8,9);1,3-4H2,2H3,(H,7,8). The van der Waals surface area contributed by atoms with Gasteiger partial charge >= 0.3 is 11.9 Å². The zero-order valence-electron chi connectivity index (χ0n) is 11.5. The van der Waals surface area contributed by atoms with E-state index in [2.05, 4.69) is 17.9 Å². The van der Waals surface area contributed by atoms with E-state index < -0.39 is 11.9 Å². The van der Waals surface area contributed by atoms with Gasteiger partial charge in [-0.3, -0.25) is 0 Å². The second kappa shape index (κ2) is 12.8. The normalized spacial score (nSPS) is 9.16. The van der Waals surface area contributed by atoms with Crippen LogP contribution >= 0.6 is 0 Å². The molecule has 6 heteroatoms. The number of aliphatic carboxylic acids is 2. The van der Waals surface area contributed by atoms with E-state index in [9.17, 15) is 9.59 Å². The number of hydrogen-bond acceptors (Lipinski definition) is 4. The highest BCUT2D eigenvalue weighted by molar-refractivity contribution is 5.86. The van der Waals surface area contributed by atoms with E-state index in [1.807, 2.05) is 0 Å². The van der Waals surface area contributed by atoms with Gasteiger partial charge in [0.2, 0.25) is 0 Å².